The molecule has 3 aliphatic heterocycles. The van der Waals surface area contributed by atoms with E-state index in [1.807, 2.05) is 30.3 Å². The molecule has 6 rings (SSSR count). The van der Waals surface area contributed by atoms with Gasteiger partial charge in [0.2, 0.25) is 0 Å². The van der Waals surface area contributed by atoms with Crippen molar-refractivity contribution in [3.05, 3.63) is 60.4 Å². The number of amides is 1. The Morgan fingerprint density at radius 3 is 2.36 bits per heavy atom. The number of carbonyl (C=O) groups is 1. The molecular formula is C29H38BrFN2O3. The van der Waals surface area contributed by atoms with Gasteiger partial charge in [0.1, 0.15) is 31.3 Å². The number of halogens is 2. The number of fused-ring (bicyclic) bond motifs is 3. The van der Waals surface area contributed by atoms with E-state index in [0.29, 0.717) is 30.7 Å². The van der Waals surface area contributed by atoms with Crippen molar-refractivity contribution < 1.29 is 40.1 Å². The zero-order valence-electron chi connectivity index (χ0n) is 21.0. The molecule has 2 aromatic rings. The first kappa shape index (κ1) is 26.9. The molecule has 3 saturated heterocycles. The second kappa shape index (κ2) is 12.4. The Labute approximate surface area is 224 Å². The molecule has 36 heavy (non-hydrogen) atoms. The molecule has 3 heterocycles. The van der Waals surface area contributed by atoms with E-state index in [-0.39, 0.29) is 28.9 Å². The standard InChI is InChI=1S/C29H38FN2O3.BrH/c30-26-13-7-8-14-27(26)31(21-23-9-3-1-4-10-23)29(33)35-28-22-32(17-15-24(28)16-18-32)19-20-34-25-11-5-2-6-12-25;/h2,5-8,11-14,23-24,28H,1,3-4,9-10,15-22H2;1H/q+1;/p-1/t24?,28-,32?;/m0./s1. The molecule has 0 radical (unpaired) electrons. The third kappa shape index (κ3) is 6.41. The lowest BCUT2D eigenvalue weighted by atomic mass is 9.83. The van der Waals surface area contributed by atoms with Crippen LogP contribution in [0.2, 0.25) is 0 Å². The average Bonchev–Trinajstić information content (AvgIpc) is 2.89. The summed E-state index contributed by atoms with van der Waals surface area (Å²) in [7, 11) is 0. The van der Waals surface area contributed by atoms with Gasteiger partial charge in [-0.1, -0.05) is 49.6 Å². The highest BCUT2D eigenvalue weighted by Crippen LogP contribution is 2.36. The second-order valence-corrected chi connectivity index (χ2v) is 10.7. The van der Waals surface area contributed by atoms with Crippen LogP contribution in [0.25, 0.3) is 0 Å². The number of carbonyl (C=O) groups excluding carboxylic acids is 1. The lowest BCUT2D eigenvalue weighted by Gasteiger charge is -2.52. The van der Waals surface area contributed by atoms with Crippen LogP contribution in [-0.4, -0.2) is 56.0 Å². The molecule has 4 aliphatic rings. The number of para-hydroxylation sites is 2. The number of ether oxygens (including phenoxy) is 2. The van der Waals surface area contributed by atoms with Gasteiger partial charge in [-0.15, -0.1) is 0 Å². The fourth-order valence-electron chi connectivity index (χ4n) is 6.31. The molecule has 5 nitrogen and oxygen atoms in total. The molecule has 0 aromatic heterocycles. The number of nitrogens with zero attached hydrogens (tertiary/aromatic N) is 2. The van der Waals surface area contributed by atoms with Gasteiger partial charge in [0, 0.05) is 25.3 Å². The number of rotatable bonds is 8. The van der Waals surface area contributed by atoms with Crippen LogP contribution < -0.4 is 26.6 Å². The normalized spacial score (nSPS) is 25.6. The summed E-state index contributed by atoms with van der Waals surface area (Å²) in [6, 6.07) is 16.5. The highest BCUT2D eigenvalue weighted by Gasteiger charge is 2.48. The number of anilines is 1. The fourth-order valence-corrected chi connectivity index (χ4v) is 6.31. The van der Waals surface area contributed by atoms with E-state index in [1.165, 1.54) is 25.3 Å². The van der Waals surface area contributed by atoms with Gasteiger partial charge in [0.05, 0.1) is 18.8 Å². The van der Waals surface area contributed by atoms with Gasteiger partial charge in [-0.05, 0) is 43.0 Å². The Hall–Kier alpha value is -2.12. The third-order valence-electron chi connectivity index (χ3n) is 8.40. The molecule has 2 aromatic carbocycles. The van der Waals surface area contributed by atoms with Gasteiger partial charge in [-0.25, -0.2) is 9.18 Å². The topological polar surface area (TPSA) is 38.8 Å². The maximum absolute atomic E-state index is 14.8. The third-order valence-corrected chi connectivity index (χ3v) is 8.40. The van der Waals surface area contributed by atoms with Crippen LogP contribution in [0.4, 0.5) is 14.9 Å². The van der Waals surface area contributed by atoms with Crippen LogP contribution in [0.3, 0.4) is 0 Å². The molecule has 1 atom stereocenters. The number of quaternary nitrogens is 1. The van der Waals surface area contributed by atoms with Crippen LogP contribution in [0.1, 0.15) is 44.9 Å². The number of piperidine rings is 3. The Balaban J connectivity index is 0.00000304. The molecule has 0 N–H and O–H groups in total. The van der Waals surface area contributed by atoms with Gasteiger partial charge in [0.15, 0.2) is 6.10 Å². The summed E-state index contributed by atoms with van der Waals surface area (Å²) in [5.41, 5.74) is 0.338. The Kier molecular flexibility index (Phi) is 9.29. The molecule has 4 fully saturated rings. The predicted molar refractivity (Wildman–Crippen MR) is 135 cm³/mol. The predicted octanol–water partition coefficient (Wildman–Crippen LogP) is 3.04. The largest absolute Gasteiger partial charge is 1.00 e. The van der Waals surface area contributed by atoms with Crippen molar-refractivity contribution in [1.82, 2.24) is 0 Å². The van der Waals surface area contributed by atoms with Crippen molar-refractivity contribution in [2.24, 2.45) is 11.8 Å². The van der Waals surface area contributed by atoms with E-state index in [9.17, 15) is 9.18 Å². The number of benzene rings is 2. The molecule has 0 spiro atoms. The highest BCUT2D eigenvalue weighted by atomic mass is 79.9. The maximum atomic E-state index is 14.8. The molecule has 1 amide bonds. The van der Waals surface area contributed by atoms with Crippen LogP contribution in [0.5, 0.6) is 5.75 Å². The Morgan fingerprint density at radius 2 is 1.64 bits per heavy atom. The summed E-state index contributed by atoms with van der Waals surface area (Å²) >= 11 is 0. The first-order valence-electron chi connectivity index (χ1n) is 13.4. The maximum Gasteiger partial charge on any atom is 0.414 e. The zero-order chi connectivity index (χ0) is 24.1. The van der Waals surface area contributed by atoms with Crippen molar-refractivity contribution >= 4 is 11.8 Å². The summed E-state index contributed by atoms with van der Waals surface area (Å²) in [6.07, 6.45) is 7.40. The molecule has 1 saturated carbocycles. The minimum absolute atomic E-state index is 0. The molecule has 1 aliphatic carbocycles. The summed E-state index contributed by atoms with van der Waals surface area (Å²) in [5, 5.41) is 0. The van der Waals surface area contributed by atoms with Crippen LogP contribution in [-0.2, 0) is 4.74 Å². The van der Waals surface area contributed by atoms with Crippen LogP contribution >= 0.6 is 0 Å². The van der Waals surface area contributed by atoms with Crippen molar-refractivity contribution in [3.63, 3.8) is 0 Å². The van der Waals surface area contributed by atoms with Crippen LogP contribution in [0.15, 0.2) is 54.6 Å². The van der Waals surface area contributed by atoms with Crippen molar-refractivity contribution in [1.29, 1.82) is 0 Å². The monoisotopic (exact) mass is 560 g/mol. The van der Waals surface area contributed by atoms with Gasteiger partial charge < -0.3 is 30.9 Å². The molecule has 7 heteroatoms. The number of hydrogen-bond donors (Lipinski definition) is 0. The zero-order valence-corrected chi connectivity index (χ0v) is 22.6. The van der Waals surface area contributed by atoms with Crippen molar-refractivity contribution in [2.45, 2.75) is 51.0 Å². The lowest BCUT2D eigenvalue weighted by Crippen LogP contribution is -3.00. The SMILES string of the molecule is O=C(O[C@H]1C[N+]2(CCOc3ccccc3)CCC1CC2)N(CC1CCCCC1)c1ccccc1F.[Br-]. The minimum Gasteiger partial charge on any atom is -1.00 e. The molecular weight excluding hydrogens is 523 g/mol. The summed E-state index contributed by atoms with van der Waals surface area (Å²) in [5.74, 6) is 1.32. The van der Waals surface area contributed by atoms with Crippen molar-refractivity contribution in [3.8, 4) is 5.75 Å². The number of hydrogen-bond acceptors (Lipinski definition) is 3. The summed E-state index contributed by atoms with van der Waals surface area (Å²) in [6.45, 7) is 5.13. The Morgan fingerprint density at radius 1 is 0.944 bits per heavy atom. The first-order chi connectivity index (χ1) is 17.1. The van der Waals surface area contributed by atoms with E-state index in [2.05, 4.69) is 0 Å². The molecule has 0 unspecified atom stereocenters. The van der Waals surface area contributed by atoms with E-state index in [0.717, 1.165) is 62.1 Å². The lowest BCUT2D eigenvalue weighted by molar-refractivity contribution is -0.946. The smallest absolute Gasteiger partial charge is 0.414 e. The first-order valence-corrected chi connectivity index (χ1v) is 13.4. The average molecular weight is 562 g/mol. The van der Waals surface area contributed by atoms with Gasteiger partial charge in [-0.3, -0.25) is 4.90 Å². The Bertz CT molecular complexity index is 977. The second-order valence-electron chi connectivity index (χ2n) is 10.7. The molecule has 196 valence electrons. The summed E-state index contributed by atoms with van der Waals surface area (Å²) < 4.78 is 27.9. The van der Waals surface area contributed by atoms with Crippen LogP contribution in [0, 0.1) is 17.7 Å². The van der Waals surface area contributed by atoms with E-state index >= 15 is 0 Å². The van der Waals surface area contributed by atoms with E-state index < -0.39 is 6.09 Å². The van der Waals surface area contributed by atoms with Gasteiger partial charge in [-0.2, -0.15) is 0 Å². The van der Waals surface area contributed by atoms with E-state index in [1.54, 1.807) is 23.1 Å². The van der Waals surface area contributed by atoms with Gasteiger partial charge in [0.25, 0.3) is 0 Å². The van der Waals surface area contributed by atoms with Gasteiger partial charge >= 0.3 is 6.09 Å². The van der Waals surface area contributed by atoms with E-state index in [4.69, 9.17) is 9.47 Å². The van der Waals surface area contributed by atoms with Crippen molar-refractivity contribution in [2.75, 3.05) is 44.2 Å². The summed E-state index contributed by atoms with van der Waals surface area (Å²) in [4.78, 5) is 15.1. The molecule has 2 bridgehead atoms. The quantitative estimate of drug-likeness (QED) is 0.466. The fraction of sp³-hybridized carbons (Fsp3) is 0.552. The minimum atomic E-state index is -0.391. The highest BCUT2D eigenvalue weighted by molar-refractivity contribution is 5.88.